The highest BCUT2D eigenvalue weighted by atomic mass is 15.3. The van der Waals surface area contributed by atoms with Crippen molar-refractivity contribution in [3.8, 4) is 11.5 Å². The highest BCUT2D eigenvalue weighted by Gasteiger charge is 2.18. The Morgan fingerprint density at radius 3 is 2.12 bits per heavy atom. The van der Waals surface area contributed by atoms with Crippen LogP contribution in [0.1, 0.15) is 26.6 Å². The highest BCUT2D eigenvalue weighted by Crippen LogP contribution is 2.16. The Hall–Kier alpha value is -1.91. The van der Waals surface area contributed by atoms with Crippen LogP contribution in [0.4, 0.5) is 0 Å². The summed E-state index contributed by atoms with van der Waals surface area (Å²) in [5.74, 6) is 1.08. The Morgan fingerprint density at radius 1 is 0.938 bits per heavy atom. The predicted molar refractivity (Wildman–Crippen MR) is 59.6 cm³/mol. The molecule has 0 radical (unpaired) electrons. The van der Waals surface area contributed by atoms with Crippen LogP contribution in [0.15, 0.2) is 24.4 Å². The second kappa shape index (κ2) is 3.92. The van der Waals surface area contributed by atoms with Crippen molar-refractivity contribution >= 4 is 0 Å². The molecule has 0 atom stereocenters. The molecule has 0 amide bonds. The molecule has 0 aliphatic heterocycles. The minimum atomic E-state index is -0.136. The van der Waals surface area contributed by atoms with Gasteiger partial charge in [-0.2, -0.15) is 0 Å². The maximum absolute atomic E-state index is 4.14. The lowest BCUT2D eigenvalue weighted by molar-refractivity contribution is 0.519. The molecule has 2 aromatic heterocycles. The molecule has 0 bridgehead atoms. The molecule has 0 N–H and O–H groups in total. The molecular formula is C11H13N5. The Morgan fingerprint density at radius 2 is 1.62 bits per heavy atom. The van der Waals surface area contributed by atoms with Gasteiger partial charge in [-0.3, -0.25) is 4.98 Å². The first-order valence-electron chi connectivity index (χ1n) is 5.06. The van der Waals surface area contributed by atoms with Gasteiger partial charge in [-0.25, -0.2) is 0 Å². The average molecular weight is 215 g/mol. The van der Waals surface area contributed by atoms with Crippen LogP contribution in [0.5, 0.6) is 0 Å². The summed E-state index contributed by atoms with van der Waals surface area (Å²) in [4.78, 5) is 4.14. The molecule has 0 unspecified atom stereocenters. The monoisotopic (exact) mass is 215 g/mol. The van der Waals surface area contributed by atoms with E-state index in [0.717, 1.165) is 0 Å². The zero-order chi connectivity index (χ0) is 11.6. The Kier molecular flexibility index (Phi) is 2.60. The van der Waals surface area contributed by atoms with Crippen molar-refractivity contribution in [1.82, 2.24) is 25.4 Å². The largest absolute Gasteiger partial charge is 0.253 e. The minimum absolute atomic E-state index is 0.136. The zero-order valence-corrected chi connectivity index (χ0v) is 9.55. The quantitative estimate of drug-likeness (QED) is 0.723. The van der Waals surface area contributed by atoms with Gasteiger partial charge in [-0.05, 0) is 12.1 Å². The van der Waals surface area contributed by atoms with Crippen molar-refractivity contribution in [1.29, 1.82) is 0 Å². The molecule has 0 fully saturated rings. The van der Waals surface area contributed by atoms with Gasteiger partial charge in [0.15, 0.2) is 5.82 Å². The summed E-state index contributed by atoms with van der Waals surface area (Å²) in [7, 11) is 0. The van der Waals surface area contributed by atoms with Crippen LogP contribution >= 0.6 is 0 Å². The summed E-state index contributed by atoms with van der Waals surface area (Å²) in [5, 5.41) is 16.2. The van der Waals surface area contributed by atoms with Gasteiger partial charge >= 0.3 is 0 Å². The molecule has 16 heavy (non-hydrogen) atoms. The Bertz CT molecular complexity index is 458. The lowest BCUT2D eigenvalue weighted by atomic mass is 9.96. The van der Waals surface area contributed by atoms with Crippen molar-refractivity contribution in [2.75, 3.05) is 0 Å². The highest BCUT2D eigenvalue weighted by molar-refractivity contribution is 5.46. The van der Waals surface area contributed by atoms with E-state index in [-0.39, 0.29) is 5.41 Å². The van der Waals surface area contributed by atoms with Crippen molar-refractivity contribution < 1.29 is 0 Å². The normalized spacial score (nSPS) is 11.4. The third kappa shape index (κ3) is 2.18. The van der Waals surface area contributed by atoms with Crippen LogP contribution in [0.3, 0.4) is 0 Å². The first kappa shape index (κ1) is 10.6. The molecular weight excluding hydrogens is 202 g/mol. The summed E-state index contributed by atoms with van der Waals surface area (Å²) in [5.41, 5.74) is 0.547. The third-order valence-electron chi connectivity index (χ3n) is 2.04. The lowest BCUT2D eigenvalue weighted by Gasteiger charge is -2.13. The molecule has 82 valence electrons. The summed E-state index contributed by atoms with van der Waals surface area (Å²) in [6.45, 7) is 6.06. The van der Waals surface area contributed by atoms with Crippen LogP contribution in [0.25, 0.3) is 11.5 Å². The summed E-state index contributed by atoms with van der Waals surface area (Å²) < 4.78 is 0. The number of aromatic nitrogens is 5. The van der Waals surface area contributed by atoms with Crippen LogP contribution < -0.4 is 0 Å². The molecule has 0 spiro atoms. The molecule has 5 heteroatoms. The fraction of sp³-hybridized carbons (Fsp3) is 0.364. The van der Waals surface area contributed by atoms with Crippen molar-refractivity contribution in [2.45, 2.75) is 26.2 Å². The maximum Gasteiger partial charge on any atom is 0.221 e. The molecule has 0 aromatic carbocycles. The van der Waals surface area contributed by atoms with E-state index in [9.17, 15) is 0 Å². The second-order valence-electron chi connectivity index (χ2n) is 4.51. The molecule has 2 rings (SSSR count). The van der Waals surface area contributed by atoms with Gasteiger partial charge in [0.1, 0.15) is 5.69 Å². The van der Waals surface area contributed by atoms with E-state index in [4.69, 9.17) is 0 Å². The van der Waals surface area contributed by atoms with Crippen LogP contribution in [0.2, 0.25) is 0 Å². The third-order valence-corrected chi connectivity index (χ3v) is 2.04. The fourth-order valence-electron chi connectivity index (χ4n) is 1.13. The molecule has 0 saturated heterocycles. The number of hydrogen-bond donors (Lipinski definition) is 0. The minimum Gasteiger partial charge on any atom is -0.253 e. The number of nitrogens with zero attached hydrogens (tertiary/aromatic N) is 5. The average Bonchev–Trinajstić information content (AvgIpc) is 2.29. The Labute approximate surface area is 94.0 Å². The zero-order valence-electron chi connectivity index (χ0n) is 9.55. The van der Waals surface area contributed by atoms with Gasteiger partial charge in [0.2, 0.25) is 5.82 Å². The van der Waals surface area contributed by atoms with Gasteiger partial charge in [0, 0.05) is 11.6 Å². The Balaban J connectivity index is 2.34. The first-order valence-corrected chi connectivity index (χ1v) is 5.06. The molecule has 2 heterocycles. The van der Waals surface area contributed by atoms with E-state index >= 15 is 0 Å². The SMILES string of the molecule is CC(C)(C)c1nnc(-c2ccccn2)nn1. The van der Waals surface area contributed by atoms with Crippen LogP contribution in [-0.2, 0) is 5.41 Å². The van der Waals surface area contributed by atoms with E-state index < -0.39 is 0 Å². The topological polar surface area (TPSA) is 64.5 Å². The molecule has 0 saturated carbocycles. The molecule has 2 aromatic rings. The van der Waals surface area contributed by atoms with Gasteiger partial charge in [0.05, 0.1) is 0 Å². The standard InChI is InChI=1S/C11H13N5/c1-11(2,3)10-15-13-9(14-16-10)8-6-4-5-7-12-8/h4-7H,1-3H3. The van der Waals surface area contributed by atoms with Crippen molar-refractivity contribution in [3.05, 3.63) is 30.2 Å². The summed E-state index contributed by atoms with van der Waals surface area (Å²) in [6, 6.07) is 5.55. The lowest BCUT2D eigenvalue weighted by Crippen LogP contribution is -2.18. The van der Waals surface area contributed by atoms with Gasteiger partial charge in [0.25, 0.3) is 0 Å². The first-order chi connectivity index (χ1) is 7.57. The van der Waals surface area contributed by atoms with Gasteiger partial charge in [-0.1, -0.05) is 26.8 Å². The number of pyridine rings is 1. The summed E-state index contributed by atoms with van der Waals surface area (Å²) in [6.07, 6.45) is 1.69. The van der Waals surface area contributed by atoms with E-state index in [1.807, 2.05) is 39.0 Å². The number of rotatable bonds is 1. The van der Waals surface area contributed by atoms with E-state index in [2.05, 4.69) is 25.4 Å². The molecule has 5 nitrogen and oxygen atoms in total. The fourth-order valence-corrected chi connectivity index (χ4v) is 1.13. The van der Waals surface area contributed by atoms with Crippen molar-refractivity contribution in [3.63, 3.8) is 0 Å². The van der Waals surface area contributed by atoms with E-state index in [0.29, 0.717) is 17.3 Å². The number of hydrogen-bond acceptors (Lipinski definition) is 5. The van der Waals surface area contributed by atoms with Crippen molar-refractivity contribution in [2.24, 2.45) is 0 Å². The van der Waals surface area contributed by atoms with E-state index in [1.54, 1.807) is 6.20 Å². The van der Waals surface area contributed by atoms with E-state index in [1.165, 1.54) is 0 Å². The predicted octanol–water partition coefficient (Wildman–Crippen LogP) is 1.63. The molecule has 0 aliphatic carbocycles. The summed E-state index contributed by atoms with van der Waals surface area (Å²) >= 11 is 0. The van der Waals surface area contributed by atoms with Gasteiger partial charge < -0.3 is 0 Å². The van der Waals surface area contributed by atoms with Crippen LogP contribution in [0, 0.1) is 0 Å². The molecule has 0 aliphatic rings. The van der Waals surface area contributed by atoms with Crippen LogP contribution in [-0.4, -0.2) is 25.4 Å². The second-order valence-corrected chi connectivity index (χ2v) is 4.51. The maximum atomic E-state index is 4.14. The van der Waals surface area contributed by atoms with Gasteiger partial charge in [-0.15, -0.1) is 20.4 Å². The smallest absolute Gasteiger partial charge is 0.221 e.